The van der Waals surface area contributed by atoms with Crippen molar-refractivity contribution in [3.8, 4) is 0 Å². The summed E-state index contributed by atoms with van der Waals surface area (Å²) in [6.45, 7) is 0. The third-order valence-electron chi connectivity index (χ3n) is 3.50. The Morgan fingerprint density at radius 3 is 1.29 bits per heavy atom. The van der Waals surface area contributed by atoms with Crippen LogP contribution in [0, 0.1) is 0 Å². The number of anilines is 4. The minimum Gasteiger partial charge on any atom is -0.314 e. The van der Waals surface area contributed by atoms with Gasteiger partial charge in [-0.3, -0.25) is 0 Å². The topological polar surface area (TPSA) is 45.2 Å². The van der Waals surface area contributed by atoms with Crippen LogP contribution in [-0.2, 0) is 0 Å². The van der Waals surface area contributed by atoms with Crippen molar-refractivity contribution in [1.29, 1.82) is 0 Å². The van der Waals surface area contributed by atoms with E-state index in [1.54, 1.807) is 0 Å². The average molecular weight is 449 g/mol. The lowest BCUT2D eigenvalue weighted by atomic mass is 10.3. The lowest BCUT2D eigenvalue weighted by Crippen LogP contribution is -2.16. The van der Waals surface area contributed by atoms with Gasteiger partial charge in [-0.2, -0.15) is 0 Å². The second kappa shape index (κ2) is 7.27. The van der Waals surface area contributed by atoms with Gasteiger partial charge in [-0.1, -0.05) is 18.2 Å². The number of hydrogen-bond acceptors (Lipinski definition) is 5. The van der Waals surface area contributed by atoms with E-state index in [0.717, 1.165) is 32.5 Å². The Kier molecular flexibility index (Phi) is 5.11. The minimum atomic E-state index is 0.790. The lowest BCUT2D eigenvalue weighted by Gasteiger charge is -2.21. The summed E-state index contributed by atoms with van der Waals surface area (Å²) >= 11 is 6.80. The SMILES string of the molecule is CN(c1cccc(Br)n1)c1cccc(N(C)c2cccc(Br)n2)n1. The quantitative estimate of drug-likeness (QED) is 0.529. The van der Waals surface area contributed by atoms with Crippen LogP contribution >= 0.6 is 31.9 Å². The van der Waals surface area contributed by atoms with Gasteiger partial charge in [-0.15, -0.1) is 0 Å². The van der Waals surface area contributed by atoms with Crippen LogP contribution in [0.2, 0.25) is 0 Å². The Balaban J connectivity index is 1.91. The van der Waals surface area contributed by atoms with E-state index >= 15 is 0 Å². The highest BCUT2D eigenvalue weighted by molar-refractivity contribution is 9.10. The Bertz CT molecular complexity index is 789. The van der Waals surface area contributed by atoms with Crippen LogP contribution in [0.1, 0.15) is 0 Å². The standard InChI is InChI=1S/C17H15Br2N5/c1-23(14-8-3-6-12(18)20-14)16-10-5-11-17(22-16)24(2)15-9-4-7-13(19)21-15/h3-11H,1-2H3. The van der Waals surface area contributed by atoms with Crippen LogP contribution in [0.25, 0.3) is 0 Å². The zero-order valence-corrected chi connectivity index (χ0v) is 16.4. The van der Waals surface area contributed by atoms with E-state index in [0.29, 0.717) is 0 Å². The van der Waals surface area contributed by atoms with E-state index in [1.807, 2.05) is 78.5 Å². The molecule has 5 nitrogen and oxygen atoms in total. The van der Waals surface area contributed by atoms with Gasteiger partial charge < -0.3 is 9.80 Å². The molecule has 7 heteroatoms. The van der Waals surface area contributed by atoms with Crippen LogP contribution in [0.5, 0.6) is 0 Å². The van der Waals surface area contributed by atoms with E-state index in [2.05, 4.69) is 41.8 Å². The zero-order valence-electron chi connectivity index (χ0n) is 13.2. The van der Waals surface area contributed by atoms with Gasteiger partial charge >= 0.3 is 0 Å². The van der Waals surface area contributed by atoms with Crippen molar-refractivity contribution in [2.24, 2.45) is 0 Å². The molecule has 0 N–H and O–H groups in total. The number of halogens is 2. The average Bonchev–Trinajstić information content (AvgIpc) is 2.60. The van der Waals surface area contributed by atoms with Crippen LogP contribution < -0.4 is 9.80 Å². The third kappa shape index (κ3) is 3.73. The van der Waals surface area contributed by atoms with Gasteiger partial charge in [0, 0.05) is 14.1 Å². The van der Waals surface area contributed by atoms with Gasteiger partial charge in [0.25, 0.3) is 0 Å². The second-order valence-corrected chi connectivity index (χ2v) is 6.73. The monoisotopic (exact) mass is 447 g/mol. The molecule has 3 aromatic rings. The molecule has 0 amide bonds. The van der Waals surface area contributed by atoms with Crippen LogP contribution in [0.15, 0.2) is 63.8 Å². The summed E-state index contributed by atoms with van der Waals surface area (Å²) in [6.07, 6.45) is 0. The molecule has 0 aromatic carbocycles. The summed E-state index contributed by atoms with van der Waals surface area (Å²) in [6, 6.07) is 17.5. The molecule has 24 heavy (non-hydrogen) atoms. The molecule has 0 atom stereocenters. The van der Waals surface area contributed by atoms with Gasteiger partial charge in [0.15, 0.2) is 0 Å². The summed E-state index contributed by atoms with van der Waals surface area (Å²) < 4.78 is 1.58. The molecule has 0 aliphatic rings. The van der Waals surface area contributed by atoms with E-state index in [4.69, 9.17) is 4.98 Å². The first-order chi connectivity index (χ1) is 11.5. The highest BCUT2D eigenvalue weighted by atomic mass is 79.9. The first-order valence-electron chi connectivity index (χ1n) is 7.24. The van der Waals surface area contributed by atoms with Crippen LogP contribution in [-0.4, -0.2) is 29.0 Å². The minimum absolute atomic E-state index is 0.790. The van der Waals surface area contributed by atoms with Crippen molar-refractivity contribution in [1.82, 2.24) is 15.0 Å². The lowest BCUT2D eigenvalue weighted by molar-refractivity contribution is 1.03. The molecule has 122 valence electrons. The summed E-state index contributed by atoms with van der Waals surface area (Å²) in [5.41, 5.74) is 0. The Labute approximate surface area is 157 Å². The molecule has 3 heterocycles. The summed E-state index contributed by atoms with van der Waals surface area (Å²) in [7, 11) is 3.89. The number of nitrogens with zero attached hydrogens (tertiary/aromatic N) is 5. The van der Waals surface area contributed by atoms with E-state index < -0.39 is 0 Å². The van der Waals surface area contributed by atoms with Gasteiger partial charge in [0.2, 0.25) is 0 Å². The summed E-state index contributed by atoms with van der Waals surface area (Å²) in [5, 5.41) is 0. The third-order valence-corrected chi connectivity index (χ3v) is 4.38. The first-order valence-corrected chi connectivity index (χ1v) is 8.83. The first kappa shape index (κ1) is 16.9. The molecular formula is C17H15Br2N5. The predicted molar refractivity (Wildman–Crippen MR) is 104 cm³/mol. The fourth-order valence-electron chi connectivity index (χ4n) is 2.19. The largest absolute Gasteiger partial charge is 0.314 e. The maximum atomic E-state index is 4.73. The van der Waals surface area contributed by atoms with Crippen molar-refractivity contribution in [3.63, 3.8) is 0 Å². The molecule has 0 saturated heterocycles. The van der Waals surface area contributed by atoms with Gasteiger partial charge in [-0.05, 0) is 68.3 Å². The van der Waals surface area contributed by atoms with E-state index in [1.165, 1.54) is 0 Å². The van der Waals surface area contributed by atoms with E-state index in [9.17, 15) is 0 Å². The fourth-order valence-corrected chi connectivity index (χ4v) is 2.86. The van der Waals surface area contributed by atoms with E-state index in [-0.39, 0.29) is 0 Å². The summed E-state index contributed by atoms with van der Waals surface area (Å²) in [4.78, 5) is 17.5. The van der Waals surface area contributed by atoms with Gasteiger partial charge in [0.1, 0.15) is 32.5 Å². The summed E-state index contributed by atoms with van der Waals surface area (Å²) in [5.74, 6) is 3.24. The molecule has 0 bridgehead atoms. The van der Waals surface area contributed by atoms with Gasteiger partial charge in [0.05, 0.1) is 0 Å². The Morgan fingerprint density at radius 1 is 0.583 bits per heavy atom. The molecule has 0 unspecified atom stereocenters. The molecule has 0 saturated carbocycles. The molecule has 0 aliphatic heterocycles. The van der Waals surface area contributed by atoms with Crippen molar-refractivity contribution in [3.05, 3.63) is 63.8 Å². The van der Waals surface area contributed by atoms with Crippen LogP contribution in [0.3, 0.4) is 0 Å². The van der Waals surface area contributed by atoms with Crippen LogP contribution in [0.4, 0.5) is 23.3 Å². The maximum absolute atomic E-state index is 4.73. The number of hydrogen-bond donors (Lipinski definition) is 0. The number of aromatic nitrogens is 3. The maximum Gasteiger partial charge on any atom is 0.136 e. The molecule has 0 radical (unpaired) electrons. The van der Waals surface area contributed by atoms with Gasteiger partial charge in [-0.25, -0.2) is 15.0 Å². The highest BCUT2D eigenvalue weighted by Gasteiger charge is 2.11. The predicted octanol–water partition coefficient (Wildman–Crippen LogP) is 4.93. The van der Waals surface area contributed by atoms with Crippen molar-refractivity contribution in [2.75, 3.05) is 23.9 Å². The highest BCUT2D eigenvalue weighted by Crippen LogP contribution is 2.26. The molecule has 0 spiro atoms. The number of rotatable bonds is 4. The molecular weight excluding hydrogens is 434 g/mol. The zero-order chi connectivity index (χ0) is 17.1. The van der Waals surface area contributed by atoms with Crippen molar-refractivity contribution >= 4 is 55.1 Å². The Hall–Kier alpha value is -1.99. The second-order valence-electron chi connectivity index (χ2n) is 5.11. The normalized spacial score (nSPS) is 10.5. The van der Waals surface area contributed by atoms with Crippen molar-refractivity contribution < 1.29 is 0 Å². The molecule has 3 rings (SSSR count). The Morgan fingerprint density at radius 2 is 0.917 bits per heavy atom. The fraction of sp³-hybridized carbons (Fsp3) is 0.118. The smallest absolute Gasteiger partial charge is 0.136 e. The van der Waals surface area contributed by atoms with Crippen molar-refractivity contribution in [2.45, 2.75) is 0 Å². The molecule has 0 aliphatic carbocycles. The molecule has 3 aromatic heterocycles. The molecule has 0 fully saturated rings. The number of pyridine rings is 3.